The molecular formula is C17H9Cl2N3O3S. The van der Waals surface area contributed by atoms with E-state index in [1.165, 1.54) is 0 Å². The van der Waals surface area contributed by atoms with Gasteiger partial charge in [0, 0.05) is 15.6 Å². The molecule has 6 nitrogen and oxygen atoms in total. The highest BCUT2D eigenvalue weighted by atomic mass is 35.5. The summed E-state index contributed by atoms with van der Waals surface area (Å²) in [7, 11) is 0. The predicted molar refractivity (Wildman–Crippen MR) is 98.8 cm³/mol. The first-order chi connectivity index (χ1) is 12.6. The van der Waals surface area contributed by atoms with Gasteiger partial charge in [0.1, 0.15) is 5.52 Å². The van der Waals surface area contributed by atoms with E-state index in [2.05, 4.69) is 15.2 Å². The van der Waals surface area contributed by atoms with Gasteiger partial charge in [-0.05, 0) is 42.5 Å². The number of thioether (sulfide) groups is 1. The Bertz CT molecular complexity index is 1090. The summed E-state index contributed by atoms with van der Waals surface area (Å²) in [6.07, 6.45) is 0. The number of hydrogen-bond acceptors (Lipinski definition) is 7. The van der Waals surface area contributed by atoms with E-state index in [1.807, 2.05) is 0 Å². The van der Waals surface area contributed by atoms with Crippen molar-refractivity contribution in [3.8, 4) is 11.5 Å². The summed E-state index contributed by atoms with van der Waals surface area (Å²) in [4.78, 5) is 16.5. The molecule has 0 atom stereocenters. The summed E-state index contributed by atoms with van der Waals surface area (Å²) >= 11 is 12.9. The highest BCUT2D eigenvalue weighted by Gasteiger charge is 2.18. The summed E-state index contributed by atoms with van der Waals surface area (Å²) in [6.45, 7) is 0. The molecule has 4 rings (SSSR count). The average Bonchev–Trinajstić information content (AvgIpc) is 3.27. The third kappa shape index (κ3) is 3.60. The molecule has 2 aromatic carbocycles. The largest absolute Gasteiger partial charge is 0.431 e. The van der Waals surface area contributed by atoms with Gasteiger partial charge in [-0.3, -0.25) is 4.79 Å². The van der Waals surface area contributed by atoms with E-state index in [4.69, 9.17) is 32.0 Å². The van der Waals surface area contributed by atoms with Crippen LogP contribution in [-0.4, -0.2) is 26.7 Å². The number of nitrogens with zero attached hydrogens (tertiary/aromatic N) is 3. The molecule has 0 saturated heterocycles. The van der Waals surface area contributed by atoms with Gasteiger partial charge in [-0.1, -0.05) is 35.0 Å². The molecule has 0 amide bonds. The lowest BCUT2D eigenvalue weighted by atomic mass is 10.2. The first kappa shape index (κ1) is 17.1. The van der Waals surface area contributed by atoms with Crippen LogP contribution in [0, 0.1) is 0 Å². The van der Waals surface area contributed by atoms with Crippen molar-refractivity contribution >= 4 is 51.8 Å². The van der Waals surface area contributed by atoms with Gasteiger partial charge >= 0.3 is 0 Å². The van der Waals surface area contributed by atoms with Gasteiger partial charge in [0.2, 0.25) is 11.7 Å². The molecule has 0 aliphatic carbocycles. The predicted octanol–water partition coefficient (Wildman–Crippen LogP) is 5.16. The molecule has 2 heterocycles. The number of carbonyl (C=O) groups is 1. The van der Waals surface area contributed by atoms with Gasteiger partial charge in [-0.2, -0.15) is 0 Å². The normalized spacial score (nSPS) is 11.2. The molecule has 0 aliphatic rings. The van der Waals surface area contributed by atoms with E-state index in [9.17, 15) is 4.79 Å². The summed E-state index contributed by atoms with van der Waals surface area (Å²) in [5.41, 5.74) is 1.92. The van der Waals surface area contributed by atoms with E-state index in [1.54, 1.807) is 42.5 Å². The Hall–Kier alpha value is -2.35. The second kappa shape index (κ2) is 7.11. The van der Waals surface area contributed by atoms with Crippen LogP contribution in [0.2, 0.25) is 10.0 Å². The van der Waals surface area contributed by atoms with Crippen LogP contribution in [0.5, 0.6) is 0 Å². The maximum atomic E-state index is 12.3. The van der Waals surface area contributed by atoms with E-state index >= 15 is 0 Å². The number of hydrogen-bond donors (Lipinski definition) is 0. The topological polar surface area (TPSA) is 82.0 Å². The molecule has 0 fully saturated rings. The third-order valence-corrected chi connectivity index (χ3v) is 4.73. The zero-order valence-electron chi connectivity index (χ0n) is 13.0. The minimum Gasteiger partial charge on any atom is -0.431 e. The first-order valence-corrected chi connectivity index (χ1v) is 9.14. The Morgan fingerprint density at radius 2 is 1.77 bits per heavy atom. The number of Topliss-reactive ketones (excluding diaryl/α,β-unsaturated/α-hetero) is 1. The summed E-state index contributed by atoms with van der Waals surface area (Å²) in [5, 5.41) is 9.23. The smallest absolute Gasteiger partial charge is 0.285 e. The third-order valence-electron chi connectivity index (χ3n) is 3.41. The minimum atomic E-state index is -0.317. The molecule has 9 heteroatoms. The number of rotatable bonds is 5. The Morgan fingerprint density at radius 1 is 1.00 bits per heavy atom. The van der Waals surface area contributed by atoms with Crippen LogP contribution >= 0.6 is 35.0 Å². The lowest BCUT2D eigenvalue weighted by Crippen LogP contribution is -2.02. The zero-order chi connectivity index (χ0) is 18.1. The fraction of sp³-hybridized carbons (Fsp3) is 0.0588. The SMILES string of the molecule is O=C(CSc1nc2cc(Cl)ccc2o1)c1nnc(-c2ccc(Cl)cc2)o1. The highest BCUT2D eigenvalue weighted by Crippen LogP contribution is 2.26. The van der Waals surface area contributed by atoms with E-state index in [0.29, 0.717) is 31.9 Å². The van der Waals surface area contributed by atoms with Crippen molar-refractivity contribution in [1.29, 1.82) is 0 Å². The van der Waals surface area contributed by atoms with Gasteiger partial charge in [0.05, 0.1) is 5.75 Å². The van der Waals surface area contributed by atoms with Crippen molar-refractivity contribution in [2.75, 3.05) is 5.75 Å². The molecule has 2 aromatic heterocycles. The second-order valence-electron chi connectivity index (χ2n) is 5.22. The zero-order valence-corrected chi connectivity index (χ0v) is 15.3. The van der Waals surface area contributed by atoms with Crippen molar-refractivity contribution in [2.24, 2.45) is 0 Å². The number of ketones is 1. The molecule has 0 bridgehead atoms. The average molecular weight is 406 g/mol. The molecule has 0 radical (unpaired) electrons. The fourth-order valence-electron chi connectivity index (χ4n) is 2.18. The standard InChI is InChI=1S/C17H9Cl2N3O3S/c18-10-3-1-9(2-4-10)15-21-22-16(25-15)13(23)8-26-17-20-12-7-11(19)5-6-14(12)24-17/h1-7H,8H2. The van der Waals surface area contributed by atoms with E-state index in [-0.39, 0.29) is 23.3 Å². The highest BCUT2D eigenvalue weighted by molar-refractivity contribution is 7.99. The van der Waals surface area contributed by atoms with Crippen LogP contribution in [-0.2, 0) is 0 Å². The van der Waals surface area contributed by atoms with Crippen molar-refractivity contribution < 1.29 is 13.6 Å². The summed E-state index contributed by atoms with van der Waals surface area (Å²) < 4.78 is 11.0. The molecule has 0 unspecified atom stereocenters. The molecule has 4 aromatic rings. The van der Waals surface area contributed by atoms with Crippen molar-refractivity contribution in [3.05, 3.63) is 58.4 Å². The maximum absolute atomic E-state index is 12.3. The Kier molecular flexibility index (Phi) is 4.67. The number of aromatic nitrogens is 3. The quantitative estimate of drug-likeness (QED) is 0.334. The van der Waals surface area contributed by atoms with Crippen LogP contribution in [0.4, 0.5) is 0 Å². The molecule has 0 saturated carbocycles. The Morgan fingerprint density at radius 3 is 2.58 bits per heavy atom. The molecule has 0 N–H and O–H groups in total. The lowest BCUT2D eigenvalue weighted by Gasteiger charge is -1.95. The van der Waals surface area contributed by atoms with Gasteiger partial charge in [0.15, 0.2) is 5.58 Å². The number of halogens is 2. The van der Waals surface area contributed by atoms with Crippen molar-refractivity contribution in [1.82, 2.24) is 15.2 Å². The first-order valence-electron chi connectivity index (χ1n) is 7.40. The van der Waals surface area contributed by atoms with Gasteiger partial charge in [-0.15, -0.1) is 10.2 Å². The summed E-state index contributed by atoms with van der Waals surface area (Å²) in [6, 6.07) is 12.0. The molecule has 26 heavy (non-hydrogen) atoms. The molecule has 0 aliphatic heterocycles. The lowest BCUT2D eigenvalue weighted by molar-refractivity contribution is 0.0986. The van der Waals surface area contributed by atoms with Crippen molar-refractivity contribution in [2.45, 2.75) is 5.22 Å². The number of oxazole rings is 1. The van der Waals surface area contributed by atoms with Crippen molar-refractivity contribution in [3.63, 3.8) is 0 Å². The van der Waals surface area contributed by atoms with Crippen LogP contribution < -0.4 is 0 Å². The fourth-order valence-corrected chi connectivity index (χ4v) is 3.16. The summed E-state index contributed by atoms with van der Waals surface area (Å²) in [5.74, 6) is -0.0702. The van der Waals surface area contributed by atoms with Crippen LogP contribution in [0.1, 0.15) is 10.7 Å². The van der Waals surface area contributed by atoms with Gasteiger partial charge < -0.3 is 8.83 Å². The second-order valence-corrected chi connectivity index (χ2v) is 7.02. The van der Waals surface area contributed by atoms with Crippen LogP contribution in [0.3, 0.4) is 0 Å². The van der Waals surface area contributed by atoms with E-state index < -0.39 is 0 Å². The van der Waals surface area contributed by atoms with E-state index in [0.717, 1.165) is 11.8 Å². The Balaban J connectivity index is 1.45. The monoisotopic (exact) mass is 405 g/mol. The van der Waals surface area contributed by atoms with Crippen LogP contribution in [0.25, 0.3) is 22.6 Å². The van der Waals surface area contributed by atoms with Gasteiger partial charge in [-0.25, -0.2) is 4.98 Å². The van der Waals surface area contributed by atoms with Crippen LogP contribution in [0.15, 0.2) is 56.5 Å². The number of carbonyl (C=O) groups excluding carboxylic acids is 1. The number of benzene rings is 2. The molecular weight excluding hydrogens is 397 g/mol. The van der Waals surface area contributed by atoms with Gasteiger partial charge in [0.25, 0.3) is 11.1 Å². The Labute approximate surface area is 161 Å². The number of fused-ring (bicyclic) bond motifs is 1. The maximum Gasteiger partial charge on any atom is 0.285 e. The minimum absolute atomic E-state index is 0.0583. The molecule has 130 valence electrons. The molecule has 0 spiro atoms.